The lowest BCUT2D eigenvalue weighted by Crippen LogP contribution is -2.48. The second kappa shape index (κ2) is 7.65. The Kier molecular flexibility index (Phi) is 6.03. The van der Waals surface area contributed by atoms with Gasteiger partial charge in [0.05, 0.1) is 17.2 Å². The maximum absolute atomic E-state index is 12.9. The Morgan fingerprint density at radius 2 is 2.04 bits per heavy atom. The van der Waals surface area contributed by atoms with Crippen LogP contribution in [0.15, 0.2) is 35.7 Å². The smallest absolute Gasteiger partial charge is 0.251 e. The largest absolute Gasteiger partial charge is 0.373 e. The number of hydrogen-bond acceptors (Lipinski definition) is 4. The first kappa shape index (κ1) is 18.9. The van der Waals surface area contributed by atoms with Crippen molar-refractivity contribution in [1.29, 1.82) is 0 Å². The first-order valence-corrected chi connectivity index (χ1v) is 9.41. The summed E-state index contributed by atoms with van der Waals surface area (Å²) in [5.41, 5.74) is 0.231. The zero-order valence-electron chi connectivity index (χ0n) is 13.7. The van der Waals surface area contributed by atoms with Gasteiger partial charge in [-0.3, -0.25) is 4.79 Å². The van der Waals surface area contributed by atoms with Gasteiger partial charge in [0, 0.05) is 25.2 Å². The van der Waals surface area contributed by atoms with Crippen LogP contribution in [0.5, 0.6) is 0 Å². The third-order valence-electron chi connectivity index (χ3n) is 3.60. The maximum Gasteiger partial charge on any atom is 0.251 e. The quantitative estimate of drug-likeness (QED) is 0.802. The van der Waals surface area contributed by atoms with E-state index in [1.807, 2.05) is 13.8 Å². The molecular weight excluding hydrogens is 352 g/mol. The molecule has 6 nitrogen and oxygen atoms in total. The van der Waals surface area contributed by atoms with Gasteiger partial charge in [-0.2, -0.15) is 4.31 Å². The molecule has 0 spiro atoms. The van der Waals surface area contributed by atoms with Crippen molar-refractivity contribution in [3.63, 3.8) is 0 Å². The molecule has 2 rings (SSSR count). The van der Waals surface area contributed by atoms with Gasteiger partial charge in [-0.1, -0.05) is 17.7 Å². The van der Waals surface area contributed by atoms with Gasteiger partial charge in [0.1, 0.15) is 4.90 Å². The van der Waals surface area contributed by atoms with Crippen molar-refractivity contribution in [1.82, 2.24) is 9.62 Å². The average Bonchev–Trinajstić information content (AvgIpc) is 2.51. The average molecular weight is 373 g/mol. The van der Waals surface area contributed by atoms with Crippen LogP contribution in [0.1, 0.15) is 24.2 Å². The minimum Gasteiger partial charge on any atom is -0.373 e. The molecule has 0 bridgehead atoms. The molecule has 1 aromatic carbocycles. The summed E-state index contributed by atoms with van der Waals surface area (Å²) >= 11 is 6.10. The lowest BCUT2D eigenvalue weighted by molar-refractivity contribution is -0.0440. The molecular formula is C16H21ClN2O4S. The van der Waals surface area contributed by atoms with Crippen LogP contribution in [0.2, 0.25) is 5.02 Å². The molecule has 1 saturated heterocycles. The van der Waals surface area contributed by atoms with Crippen LogP contribution in [0.4, 0.5) is 0 Å². The molecule has 1 amide bonds. The van der Waals surface area contributed by atoms with Gasteiger partial charge < -0.3 is 10.1 Å². The predicted molar refractivity (Wildman–Crippen MR) is 92.8 cm³/mol. The first-order valence-electron chi connectivity index (χ1n) is 7.60. The van der Waals surface area contributed by atoms with Gasteiger partial charge in [0.2, 0.25) is 10.0 Å². The summed E-state index contributed by atoms with van der Waals surface area (Å²) in [6.45, 7) is 7.94. The summed E-state index contributed by atoms with van der Waals surface area (Å²) in [6, 6.07) is 4.22. The minimum absolute atomic E-state index is 0.0725. The molecule has 1 aliphatic heterocycles. The number of benzene rings is 1. The fraction of sp³-hybridized carbons (Fsp3) is 0.438. The van der Waals surface area contributed by atoms with Crippen molar-refractivity contribution in [3.05, 3.63) is 41.4 Å². The van der Waals surface area contributed by atoms with Crippen molar-refractivity contribution < 1.29 is 17.9 Å². The Bertz CT molecular complexity index is 726. The number of rotatable bonds is 5. The molecule has 1 heterocycles. The van der Waals surface area contributed by atoms with E-state index in [1.165, 1.54) is 22.5 Å². The number of ether oxygens (including phenoxy) is 1. The van der Waals surface area contributed by atoms with Gasteiger partial charge in [-0.15, -0.1) is 6.58 Å². The number of amides is 1. The van der Waals surface area contributed by atoms with E-state index in [2.05, 4.69) is 11.9 Å². The summed E-state index contributed by atoms with van der Waals surface area (Å²) in [4.78, 5) is 12.0. The minimum atomic E-state index is -3.81. The van der Waals surface area contributed by atoms with Crippen molar-refractivity contribution in [2.24, 2.45) is 0 Å². The third-order valence-corrected chi connectivity index (χ3v) is 5.92. The van der Waals surface area contributed by atoms with Crippen molar-refractivity contribution >= 4 is 27.5 Å². The Morgan fingerprint density at radius 3 is 2.62 bits per heavy atom. The highest BCUT2D eigenvalue weighted by atomic mass is 35.5. The highest BCUT2D eigenvalue weighted by Gasteiger charge is 2.33. The molecule has 8 heteroatoms. The number of morpholine rings is 1. The van der Waals surface area contributed by atoms with Crippen LogP contribution >= 0.6 is 11.6 Å². The lowest BCUT2D eigenvalue weighted by atomic mass is 10.2. The van der Waals surface area contributed by atoms with E-state index in [0.29, 0.717) is 6.54 Å². The van der Waals surface area contributed by atoms with Gasteiger partial charge in [-0.25, -0.2) is 8.42 Å². The normalized spacial score (nSPS) is 22.1. The number of hydrogen-bond donors (Lipinski definition) is 1. The van der Waals surface area contributed by atoms with Crippen LogP contribution in [0.3, 0.4) is 0 Å². The molecule has 0 unspecified atom stereocenters. The van der Waals surface area contributed by atoms with Crippen LogP contribution < -0.4 is 5.32 Å². The highest BCUT2D eigenvalue weighted by molar-refractivity contribution is 7.89. The van der Waals surface area contributed by atoms with Crippen LogP contribution in [-0.2, 0) is 14.8 Å². The molecule has 0 aromatic heterocycles. The molecule has 0 saturated carbocycles. The second-order valence-corrected chi connectivity index (χ2v) is 8.04. The topological polar surface area (TPSA) is 75.7 Å². The van der Waals surface area contributed by atoms with Gasteiger partial charge in [0.15, 0.2) is 0 Å². The van der Waals surface area contributed by atoms with Gasteiger partial charge in [0.25, 0.3) is 5.91 Å². The lowest BCUT2D eigenvalue weighted by Gasteiger charge is -2.34. The third kappa shape index (κ3) is 4.16. The fourth-order valence-electron chi connectivity index (χ4n) is 2.58. The Labute approximate surface area is 147 Å². The fourth-order valence-corrected chi connectivity index (χ4v) is 4.67. The number of carbonyl (C=O) groups excluding carboxylic acids is 1. The highest BCUT2D eigenvalue weighted by Crippen LogP contribution is 2.28. The summed E-state index contributed by atoms with van der Waals surface area (Å²) in [6.07, 6.45) is 1.13. The maximum atomic E-state index is 12.9. The van der Waals surface area contributed by atoms with Crippen molar-refractivity contribution in [2.75, 3.05) is 19.6 Å². The summed E-state index contributed by atoms with van der Waals surface area (Å²) in [7, 11) is -3.81. The molecule has 2 atom stereocenters. The Hall–Kier alpha value is -1.41. The zero-order chi connectivity index (χ0) is 17.9. The predicted octanol–water partition coefficient (Wildman–Crippen LogP) is 2.05. The van der Waals surface area contributed by atoms with E-state index in [-0.39, 0.29) is 46.7 Å². The van der Waals surface area contributed by atoms with E-state index >= 15 is 0 Å². The number of nitrogens with one attached hydrogen (secondary N) is 1. The second-order valence-electron chi connectivity index (χ2n) is 5.72. The summed E-state index contributed by atoms with van der Waals surface area (Å²) in [5.74, 6) is -0.383. The van der Waals surface area contributed by atoms with Gasteiger partial charge in [-0.05, 0) is 32.0 Å². The Morgan fingerprint density at radius 1 is 1.42 bits per heavy atom. The molecule has 132 valence electrons. The van der Waals surface area contributed by atoms with E-state index in [0.717, 1.165) is 0 Å². The number of nitrogens with zero attached hydrogens (tertiary/aromatic N) is 1. The molecule has 1 N–H and O–H groups in total. The van der Waals surface area contributed by atoms with Crippen LogP contribution in [0, 0.1) is 0 Å². The molecule has 24 heavy (non-hydrogen) atoms. The summed E-state index contributed by atoms with van der Waals surface area (Å²) < 4.78 is 32.8. The molecule has 1 fully saturated rings. The van der Waals surface area contributed by atoms with Crippen LogP contribution in [-0.4, -0.2) is 50.5 Å². The van der Waals surface area contributed by atoms with E-state index in [1.54, 1.807) is 6.08 Å². The molecule has 1 aliphatic rings. The van der Waals surface area contributed by atoms with E-state index in [4.69, 9.17) is 16.3 Å². The zero-order valence-corrected chi connectivity index (χ0v) is 15.2. The van der Waals surface area contributed by atoms with Crippen LogP contribution in [0.25, 0.3) is 0 Å². The standard InChI is InChI=1S/C16H21ClN2O4S/c1-4-7-18-16(20)13-5-6-14(17)15(8-13)24(21,22)19-9-11(2)23-12(3)10-19/h4-6,8,11-12H,1,7,9-10H2,2-3H3,(H,18,20)/t11-,12-/m1/s1. The molecule has 1 aromatic rings. The van der Waals surface area contributed by atoms with Crippen molar-refractivity contribution in [3.8, 4) is 0 Å². The SMILES string of the molecule is C=CCNC(=O)c1ccc(Cl)c(S(=O)(=O)N2C[C@@H](C)O[C@H](C)C2)c1. The Balaban J connectivity index is 2.35. The molecule has 0 radical (unpaired) electrons. The molecule has 0 aliphatic carbocycles. The number of carbonyl (C=O) groups is 1. The monoisotopic (exact) mass is 372 g/mol. The van der Waals surface area contributed by atoms with Crippen molar-refractivity contribution in [2.45, 2.75) is 31.0 Å². The summed E-state index contributed by atoms with van der Waals surface area (Å²) in [5, 5.41) is 2.70. The first-order chi connectivity index (χ1) is 11.3. The van der Waals surface area contributed by atoms with Gasteiger partial charge >= 0.3 is 0 Å². The number of halogens is 1. The van der Waals surface area contributed by atoms with E-state index in [9.17, 15) is 13.2 Å². The number of sulfonamides is 1. The van der Waals surface area contributed by atoms with E-state index < -0.39 is 10.0 Å².